The third kappa shape index (κ3) is 6.44. The molecule has 0 bridgehead atoms. The fourth-order valence-electron chi connectivity index (χ4n) is 3.42. The number of carbonyl (C=O) groups is 3. The lowest BCUT2D eigenvalue weighted by molar-refractivity contribution is -0.147. The molecule has 0 spiro atoms. The van der Waals surface area contributed by atoms with E-state index in [1.807, 2.05) is 43.3 Å². The number of nitrogens with one attached hydrogen (secondary N) is 1. The second kappa shape index (κ2) is 10.6. The van der Waals surface area contributed by atoms with Crippen molar-refractivity contribution in [1.82, 2.24) is 0 Å². The number of aryl methyl sites for hydroxylation is 1. The summed E-state index contributed by atoms with van der Waals surface area (Å²) in [4.78, 5) is 38.3. The Morgan fingerprint density at radius 2 is 1.57 bits per heavy atom. The number of hydrogen-bond acceptors (Lipinski definition) is 5. The van der Waals surface area contributed by atoms with Crippen LogP contribution in [-0.4, -0.2) is 37.4 Å². The first-order chi connectivity index (χ1) is 14.5. The largest absolute Gasteiger partial charge is 0.456 e. The Morgan fingerprint density at radius 1 is 0.900 bits per heavy atom. The van der Waals surface area contributed by atoms with Crippen LogP contribution in [0, 0.1) is 6.92 Å². The molecule has 0 radical (unpaired) electrons. The summed E-state index contributed by atoms with van der Waals surface area (Å²) in [5.41, 5.74) is 3.45. The molecule has 0 saturated carbocycles. The Bertz CT molecular complexity index is 869. The maximum atomic E-state index is 12.1. The molecule has 1 heterocycles. The van der Waals surface area contributed by atoms with Crippen LogP contribution < -0.4 is 10.2 Å². The first-order valence-electron chi connectivity index (χ1n) is 10.4. The lowest BCUT2D eigenvalue weighted by Gasteiger charge is -2.28. The summed E-state index contributed by atoms with van der Waals surface area (Å²) in [7, 11) is 0. The average Bonchev–Trinajstić information content (AvgIpc) is 2.77. The number of carbonyl (C=O) groups excluding carboxylic acids is 3. The molecule has 1 saturated heterocycles. The van der Waals surface area contributed by atoms with E-state index in [9.17, 15) is 14.4 Å². The van der Waals surface area contributed by atoms with Gasteiger partial charge in [0.2, 0.25) is 0 Å². The molecule has 0 unspecified atom stereocenters. The topological polar surface area (TPSA) is 75.7 Å². The zero-order valence-corrected chi connectivity index (χ0v) is 17.4. The number of Topliss-reactive ketones (excluding diaryl/α,β-unsaturated/α-hetero) is 1. The molecule has 2 aromatic rings. The highest BCUT2D eigenvalue weighted by molar-refractivity contribution is 5.98. The molecule has 0 aromatic heterocycles. The van der Waals surface area contributed by atoms with E-state index in [1.54, 1.807) is 12.1 Å². The number of ketones is 1. The van der Waals surface area contributed by atoms with E-state index in [0.29, 0.717) is 11.3 Å². The van der Waals surface area contributed by atoms with E-state index in [1.165, 1.54) is 19.3 Å². The van der Waals surface area contributed by atoms with Crippen molar-refractivity contribution >= 4 is 29.0 Å². The van der Waals surface area contributed by atoms with Crippen LogP contribution >= 0.6 is 0 Å². The van der Waals surface area contributed by atoms with Crippen LogP contribution in [0.1, 0.15) is 48.0 Å². The zero-order valence-electron chi connectivity index (χ0n) is 17.4. The Labute approximate surface area is 177 Å². The number of esters is 1. The van der Waals surface area contributed by atoms with Gasteiger partial charge >= 0.3 is 5.97 Å². The lowest BCUT2D eigenvalue weighted by atomic mass is 10.1. The van der Waals surface area contributed by atoms with E-state index in [4.69, 9.17) is 4.74 Å². The van der Waals surface area contributed by atoms with Crippen LogP contribution in [0.3, 0.4) is 0 Å². The van der Waals surface area contributed by atoms with Crippen LogP contribution in [-0.2, 0) is 14.3 Å². The van der Waals surface area contributed by atoms with Gasteiger partial charge in [-0.1, -0.05) is 29.8 Å². The van der Waals surface area contributed by atoms with Gasteiger partial charge in [-0.15, -0.1) is 0 Å². The van der Waals surface area contributed by atoms with Crippen LogP contribution in [0.15, 0.2) is 48.5 Å². The number of rotatable bonds is 8. The number of hydrogen-bond donors (Lipinski definition) is 1. The highest BCUT2D eigenvalue weighted by atomic mass is 16.5. The minimum Gasteiger partial charge on any atom is -0.456 e. The Kier molecular flexibility index (Phi) is 7.60. The number of anilines is 2. The first-order valence-corrected chi connectivity index (χ1v) is 10.4. The quantitative estimate of drug-likeness (QED) is 0.525. The number of benzene rings is 2. The summed E-state index contributed by atoms with van der Waals surface area (Å²) in [5.74, 6) is -1.09. The molecule has 1 fully saturated rings. The predicted octanol–water partition coefficient (Wildman–Crippen LogP) is 4.13. The molecule has 2 aromatic carbocycles. The Morgan fingerprint density at radius 3 is 2.23 bits per heavy atom. The van der Waals surface area contributed by atoms with E-state index < -0.39 is 11.9 Å². The third-order valence-corrected chi connectivity index (χ3v) is 5.17. The number of nitrogens with zero attached hydrogens (tertiary/aromatic N) is 1. The molecule has 158 valence electrons. The first kappa shape index (κ1) is 21.6. The Balaban J connectivity index is 1.38. The van der Waals surface area contributed by atoms with Gasteiger partial charge < -0.3 is 15.0 Å². The summed E-state index contributed by atoms with van der Waals surface area (Å²) < 4.78 is 4.99. The molecule has 1 amide bonds. The van der Waals surface area contributed by atoms with Crippen LogP contribution in [0.5, 0.6) is 0 Å². The summed E-state index contributed by atoms with van der Waals surface area (Å²) in [5, 5.41) is 2.72. The van der Waals surface area contributed by atoms with E-state index in [0.717, 1.165) is 24.3 Å². The molecule has 3 rings (SSSR count). The van der Waals surface area contributed by atoms with E-state index >= 15 is 0 Å². The van der Waals surface area contributed by atoms with Crippen LogP contribution in [0.4, 0.5) is 11.4 Å². The lowest BCUT2D eigenvalue weighted by Crippen LogP contribution is -2.29. The minimum absolute atomic E-state index is 0.0511. The number of piperidine rings is 1. The van der Waals surface area contributed by atoms with Crippen LogP contribution in [0.2, 0.25) is 0 Å². The number of ether oxygens (including phenoxy) is 1. The standard InChI is InChI=1S/C24H28N2O4/c1-18-5-7-19(8-6-18)22(27)13-14-24(29)30-17-23(28)25-20-9-11-21(12-10-20)26-15-3-2-4-16-26/h5-12H,2-4,13-17H2,1H3,(H,25,28). The second-order valence-electron chi connectivity index (χ2n) is 7.59. The molecular formula is C24H28N2O4. The Hall–Kier alpha value is -3.15. The molecule has 1 N–H and O–H groups in total. The molecule has 30 heavy (non-hydrogen) atoms. The van der Waals surface area contributed by atoms with Gasteiger partial charge in [-0.2, -0.15) is 0 Å². The van der Waals surface area contributed by atoms with Crippen molar-refractivity contribution in [3.05, 3.63) is 59.7 Å². The maximum Gasteiger partial charge on any atom is 0.306 e. The van der Waals surface area contributed by atoms with Gasteiger partial charge in [-0.05, 0) is 50.5 Å². The van der Waals surface area contributed by atoms with Crippen LogP contribution in [0.25, 0.3) is 0 Å². The summed E-state index contributed by atoms with van der Waals surface area (Å²) in [6.07, 6.45) is 3.70. The molecule has 6 nitrogen and oxygen atoms in total. The molecule has 1 aliphatic heterocycles. The number of amides is 1. The van der Waals surface area contributed by atoms with E-state index in [2.05, 4.69) is 10.2 Å². The summed E-state index contributed by atoms with van der Waals surface area (Å²) in [6, 6.07) is 14.9. The second-order valence-corrected chi connectivity index (χ2v) is 7.59. The minimum atomic E-state index is -0.564. The fourth-order valence-corrected chi connectivity index (χ4v) is 3.42. The van der Waals surface area contributed by atoms with Gasteiger partial charge in [0.25, 0.3) is 5.91 Å². The van der Waals surface area contributed by atoms with Crippen molar-refractivity contribution in [3.8, 4) is 0 Å². The molecule has 1 aliphatic rings. The highest BCUT2D eigenvalue weighted by Gasteiger charge is 2.13. The molecule has 0 atom stereocenters. The SMILES string of the molecule is Cc1ccc(C(=O)CCC(=O)OCC(=O)Nc2ccc(N3CCCCC3)cc2)cc1. The monoisotopic (exact) mass is 408 g/mol. The van der Waals surface area contributed by atoms with Crippen molar-refractivity contribution in [3.63, 3.8) is 0 Å². The summed E-state index contributed by atoms with van der Waals surface area (Å²) in [6.45, 7) is 3.70. The normalized spacial score (nSPS) is 13.6. The maximum absolute atomic E-state index is 12.1. The molecule has 6 heteroatoms. The van der Waals surface area contributed by atoms with Gasteiger partial charge in [0.05, 0.1) is 6.42 Å². The summed E-state index contributed by atoms with van der Waals surface area (Å²) >= 11 is 0. The zero-order chi connectivity index (χ0) is 21.3. The highest BCUT2D eigenvalue weighted by Crippen LogP contribution is 2.21. The van der Waals surface area contributed by atoms with Gasteiger partial charge in [-0.3, -0.25) is 14.4 Å². The average molecular weight is 408 g/mol. The van der Waals surface area contributed by atoms with E-state index in [-0.39, 0.29) is 25.2 Å². The third-order valence-electron chi connectivity index (χ3n) is 5.17. The van der Waals surface area contributed by atoms with Crippen molar-refractivity contribution in [2.24, 2.45) is 0 Å². The predicted molar refractivity (Wildman–Crippen MR) is 117 cm³/mol. The fraction of sp³-hybridized carbons (Fsp3) is 0.375. The van der Waals surface area contributed by atoms with Gasteiger partial charge in [0.15, 0.2) is 12.4 Å². The molecular weight excluding hydrogens is 380 g/mol. The van der Waals surface area contributed by atoms with Gasteiger partial charge in [0, 0.05) is 36.4 Å². The van der Waals surface area contributed by atoms with Gasteiger partial charge in [0.1, 0.15) is 0 Å². The van der Waals surface area contributed by atoms with Gasteiger partial charge in [-0.25, -0.2) is 0 Å². The van der Waals surface area contributed by atoms with Crippen molar-refractivity contribution in [2.45, 2.75) is 39.0 Å². The smallest absolute Gasteiger partial charge is 0.306 e. The van der Waals surface area contributed by atoms with Crippen molar-refractivity contribution in [2.75, 3.05) is 29.9 Å². The van der Waals surface area contributed by atoms with Crippen molar-refractivity contribution < 1.29 is 19.1 Å². The molecule has 0 aliphatic carbocycles. The van der Waals surface area contributed by atoms with Crippen molar-refractivity contribution in [1.29, 1.82) is 0 Å².